The predicted octanol–water partition coefficient (Wildman–Crippen LogP) is 3.57. The number of anilines is 2. The summed E-state index contributed by atoms with van der Waals surface area (Å²) in [4.78, 5) is 23.7. The second-order valence-corrected chi connectivity index (χ2v) is 6.03. The van der Waals surface area contributed by atoms with E-state index in [4.69, 9.17) is 0 Å². The Hall–Kier alpha value is -2.54. The largest absolute Gasteiger partial charge is 0.507 e. The summed E-state index contributed by atoms with van der Waals surface area (Å²) < 4.78 is 0.969. The SMILES string of the molecule is CCC(=O)Nc1ccc(O)c(C(=O)NNc2ccc(Br)c(C)c2)c1. The lowest BCUT2D eigenvalue weighted by Gasteiger charge is -2.12. The number of hydrazine groups is 1. The number of carbonyl (C=O) groups excluding carboxylic acids is 2. The number of hydrogen-bond acceptors (Lipinski definition) is 4. The van der Waals surface area contributed by atoms with E-state index >= 15 is 0 Å². The minimum absolute atomic E-state index is 0.0604. The maximum Gasteiger partial charge on any atom is 0.273 e. The van der Waals surface area contributed by atoms with Crippen molar-refractivity contribution < 1.29 is 14.7 Å². The topological polar surface area (TPSA) is 90.5 Å². The van der Waals surface area contributed by atoms with E-state index in [1.807, 2.05) is 19.1 Å². The Bertz CT molecular complexity index is 778. The van der Waals surface area contributed by atoms with E-state index in [1.165, 1.54) is 18.2 Å². The van der Waals surface area contributed by atoms with Crippen LogP contribution in [-0.4, -0.2) is 16.9 Å². The average molecular weight is 392 g/mol. The molecule has 0 aliphatic heterocycles. The van der Waals surface area contributed by atoms with Crippen LogP contribution >= 0.6 is 15.9 Å². The number of aromatic hydroxyl groups is 1. The smallest absolute Gasteiger partial charge is 0.273 e. The molecule has 0 aromatic heterocycles. The van der Waals surface area contributed by atoms with Crippen molar-refractivity contribution in [2.24, 2.45) is 0 Å². The van der Waals surface area contributed by atoms with Gasteiger partial charge in [-0.3, -0.25) is 20.4 Å². The first-order chi connectivity index (χ1) is 11.4. The molecule has 0 aliphatic rings. The second kappa shape index (κ2) is 7.83. The van der Waals surface area contributed by atoms with Gasteiger partial charge in [-0.05, 0) is 48.9 Å². The third kappa shape index (κ3) is 4.48. The fourth-order valence-corrected chi connectivity index (χ4v) is 2.21. The summed E-state index contributed by atoms with van der Waals surface area (Å²) in [6, 6.07) is 9.85. The molecule has 126 valence electrons. The van der Waals surface area contributed by atoms with Crippen LogP contribution in [-0.2, 0) is 4.79 Å². The Balaban J connectivity index is 2.09. The molecular formula is C17H18BrN3O3. The van der Waals surface area contributed by atoms with Crippen LogP contribution in [0.5, 0.6) is 5.75 Å². The lowest BCUT2D eigenvalue weighted by Crippen LogP contribution is -2.29. The number of nitrogens with one attached hydrogen (secondary N) is 3. The van der Waals surface area contributed by atoms with Crippen molar-refractivity contribution in [3.8, 4) is 5.75 Å². The van der Waals surface area contributed by atoms with Gasteiger partial charge in [0.05, 0.1) is 11.3 Å². The summed E-state index contributed by atoms with van der Waals surface area (Å²) >= 11 is 3.41. The zero-order valence-corrected chi connectivity index (χ0v) is 14.9. The molecule has 0 heterocycles. The molecule has 2 rings (SSSR count). The first kappa shape index (κ1) is 17.8. The number of aryl methyl sites for hydroxylation is 1. The van der Waals surface area contributed by atoms with Gasteiger partial charge in [-0.15, -0.1) is 0 Å². The van der Waals surface area contributed by atoms with E-state index < -0.39 is 5.91 Å². The van der Waals surface area contributed by atoms with Gasteiger partial charge in [-0.25, -0.2) is 0 Å². The van der Waals surface area contributed by atoms with Gasteiger partial charge < -0.3 is 10.4 Å². The molecule has 6 nitrogen and oxygen atoms in total. The van der Waals surface area contributed by atoms with Crippen LogP contribution in [0, 0.1) is 6.92 Å². The molecule has 2 aromatic carbocycles. The van der Waals surface area contributed by atoms with Gasteiger partial charge in [0, 0.05) is 16.6 Å². The number of hydrogen-bond donors (Lipinski definition) is 4. The molecule has 0 saturated carbocycles. The molecule has 24 heavy (non-hydrogen) atoms. The first-order valence-electron chi connectivity index (χ1n) is 7.36. The highest BCUT2D eigenvalue weighted by Crippen LogP contribution is 2.22. The van der Waals surface area contributed by atoms with Crippen molar-refractivity contribution in [1.82, 2.24) is 5.43 Å². The van der Waals surface area contributed by atoms with Gasteiger partial charge in [-0.2, -0.15) is 0 Å². The minimum Gasteiger partial charge on any atom is -0.507 e. The van der Waals surface area contributed by atoms with Crippen LogP contribution in [0.3, 0.4) is 0 Å². The number of phenols is 1. The Morgan fingerprint density at radius 1 is 1.12 bits per heavy atom. The molecule has 2 amide bonds. The third-order valence-corrected chi connectivity index (χ3v) is 4.21. The van der Waals surface area contributed by atoms with Crippen molar-refractivity contribution in [1.29, 1.82) is 0 Å². The monoisotopic (exact) mass is 391 g/mol. The quantitative estimate of drug-likeness (QED) is 0.463. The van der Waals surface area contributed by atoms with Crippen LogP contribution in [0.4, 0.5) is 11.4 Å². The molecule has 0 radical (unpaired) electrons. The molecule has 4 N–H and O–H groups in total. The second-order valence-electron chi connectivity index (χ2n) is 5.18. The summed E-state index contributed by atoms with van der Waals surface area (Å²) in [6.45, 7) is 3.66. The maximum absolute atomic E-state index is 12.2. The number of benzene rings is 2. The van der Waals surface area contributed by atoms with Gasteiger partial charge in [0.1, 0.15) is 5.75 Å². The standard InChI is InChI=1S/C17H18BrN3O3/c1-3-16(23)19-11-5-7-15(22)13(9-11)17(24)21-20-12-4-6-14(18)10(2)8-12/h4-9,20,22H,3H2,1-2H3,(H,19,23)(H,21,24). The number of phenolic OH excluding ortho intramolecular Hbond substituents is 1. The van der Waals surface area contributed by atoms with Gasteiger partial charge in [-0.1, -0.05) is 22.9 Å². The van der Waals surface area contributed by atoms with Gasteiger partial charge in [0.15, 0.2) is 0 Å². The highest BCUT2D eigenvalue weighted by atomic mass is 79.9. The Morgan fingerprint density at radius 3 is 2.50 bits per heavy atom. The molecule has 0 atom stereocenters. The lowest BCUT2D eigenvalue weighted by molar-refractivity contribution is -0.115. The molecule has 0 aliphatic carbocycles. The molecule has 7 heteroatoms. The lowest BCUT2D eigenvalue weighted by atomic mass is 10.1. The van der Waals surface area contributed by atoms with E-state index in [-0.39, 0.29) is 17.2 Å². The third-order valence-electron chi connectivity index (χ3n) is 3.32. The van der Waals surface area contributed by atoms with Crippen molar-refractivity contribution in [3.63, 3.8) is 0 Å². The first-order valence-corrected chi connectivity index (χ1v) is 8.15. The minimum atomic E-state index is -0.513. The highest BCUT2D eigenvalue weighted by molar-refractivity contribution is 9.10. The van der Waals surface area contributed by atoms with E-state index in [9.17, 15) is 14.7 Å². The summed E-state index contributed by atoms with van der Waals surface area (Å²) in [5.74, 6) is -0.855. The number of halogens is 1. The average Bonchev–Trinajstić information content (AvgIpc) is 2.57. The van der Waals surface area contributed by atoms with Crippen molar-refractivity contribution in [2.45, 2.75) is 20.3 Å². The van der Waals surface area contributed by atoms with Gasteiger partial charge in [0.2, 0.25) is 5.91 Å². The van der Waals surface area contributed by atoms with Crippen LogP contribution in [0.1, 0.15) is 29.3 Å². The van der Waals surface area contributed by atoms with Gasteiger partial charge in [0.25, 0.3) is 5.91 Å². The number of amides is 2. The van der Waals surface area contributed by atoms with Crippen molar-refractivity contribution in [2.75, 3.05) is 10.7 Å². The summed E-state index contributed by atoms with van der Waals surface area (Å²) in [5.41, 5.74) is 7.54. The normalized spacial score (nSPS) is 10.1. The van der Waals surface area contributed by atoms with Crippen LogP contribution < -0.4 is 16.2 Å². The molecule has 0 fully saturated rings. The molecule has 0 spiro atoms. The van der Waals surface area contributed by atoms with Crippen LogP contribution in [0.2, 0.25) is 0 Å². The van der Waals surface area contributed by atoms with E-state index in [2.05, 4.69) is 32.1 Å². The summed E-state index contributed by atoms with van der Waals surface area (Å²) in [7, 11) is 0. The summed E-state index contributed by atoms with van der Waals surface area (Å²) in [5, 5.41) is 12.5. The predicted molar refractivity (Wildman–Crippen MR) is 97.0 cm³/mol. The Morgan fingerprint density at radius 2 is 1.83 bits per heavy atom. The number of rotatable bonds is 5. The zero-order valence-electron chi connectivity index (χ0n) is 13.3. The van der Waals surface area contributed by atoms with E-state index in [0.717, 1.165) is 10.0 Å². The van der Waals surface area contributed by atoms with Gasteiger partial charge >= 0.3 is 0 Å². The summed E-state index contributed by atoms with van der Waals surface area (Å²) in [6.07, 6.45) is 0.326. The molecular weight excluding hydrogens is 374 g/mol. The maximum atomic E-state index is 12.2. The Labute approximate surface area is 148 Å². The van der Waals surface area contributed by atoms with Crippen LogP contribution in [0.15, 0.2) is 40.9 Å². The Kier molecular flexibility index (Phi) is 5.81. The number of carbonyl (C=O) groups is 2. The van der Waals surface area contributed by atoms with E-state index in [1.54, 1.807) is 13.0 Å². The molecule has 0 bridgehead atoms. The zero-order chi connectivity index (χ0) is 17.7. The van der Waals surface area contributed by atoms with Crippen molar-refractivity contribution in [3.05, 3.63) is 52.0 Å². The highest BCUT2D eigenvalue weighted by Gasteiger charge is 2.13. The van der Waals surface area contributed by atoms with E-state index in [0.29, 0.717) is 17.8 Å². The molecule has 0 unspecified atom stereocenters. The fourth-order valence-electron chi connectivity index (χ4n) is 1.96. The fraction of sp³-hybridized carbons (Fsp3) is 0.176. The van der Waals surface area contributed by atoms with Crippen LogP contribution in [0.25, 0.3) is 0 Å². The molecule has 2 aromatic rings. The van der Waals surface area contributed by atoms with Crippen molar-refractivity contribution >= 4 is 39.1 Å². The molecule has 0 saturated heterocycles.